The van der Waals surface area contributed by atoms with E-state index in [1.165, 1.54) is 0 Å². The molecule has 1 aliphatic heterocycles. The molecule has 35 heavy (non-hydrogen) atoms. The molecule has 0 spiro atoms. The largest absolute Gasteiger partial charge is 0.452 e. The second-order valence-corrected chi connectivity index (χ2v) is 11.0. The average molecular weight is 496 g/mol. The van der Waals surface area contributed by atoms with Crippen molar-refractivity contribution in [1.29, 1.82) is 0 Å². The lowest BCUT2D eigenvalue weighted by Crippen LogP contribution is -2.48. The maximum absolute atomic E-state index is 13.1. The highest BCUT2D eigenvalue weighted by Gasteiger charge is 2.37. The van der Waals surface area contributed by atoms with Crippen LogP contribution >= 0.6 is 0 Å². The van der Waals surface area contributed by atoms with Crippen molar-refractivity contribution in [1.82, 2.24) is 14.7 Å². The van der Waals surface area contributed by atoms with Gasteiger partial charge in [0.2, 0.25) is 0 Å². The molecule has 1 fully saturated rings. The number of esters is 1. The Morgan fingerprint density at radius 2 is 1.77 bits per heavy atom. The van der Waals surface area contributed by atoms with Crippen molar-refractivity contribution < 1.29 is 22.7 Å². The number of carbonyl (C=O) groups is 2. The van der Waals surface area contributed by atoms with Crippen LogP contribution in [0.1, 0.15) is 37.0 Å². The second kappa shape index (κ2) is 10.4. The normalized spacial score (nSPS) is 17.6. The van der Waals surface area contributed by atoms with E-state index in [-0.39, 0.29) is 23.1 Å². The molecule has 0 radical (unpaired) electrons. The summed E-state index contributed by atoms with van der Waals surface area (Å²) in [7, 11) is -3.16. The Morgan fingerprint density at radius 1 is 1.11 bits per heavy atom. The summed E-state index contributed by atoms with van der Waals surface area (Å²) in [5.41, 5.74) is 2.22. The number of amides is 1. The van der Waals surface area contributed by atoms with Crippen LogP contribution in [0, 0.1) is 0 Å². The van der Waals surface area contributed by atoms with Crippen LogP contribution in [0.4, 0.5) is 0 Å². The van der Waals surface area contributed by atoms with Crippen LogP contribution in [0.3, 0.4) is 0 Å². The highest BCUT2D eigenvalue weighted by atomic mass is 32.2. The van der Waals surface area contributed by atoms with E-state index in [1.54, 1.807) is 15.8 Å². The SMILES string of the molecule is CCC(C)N(C(=O)COC(=O)c1cn(-c2ccccc2)nc1-c1ccccc1)C1CCS(=O)(=O)C1. The molecule has 0 saturated carbocycles. The van der Waals surface area contributed by atoms with Crippen LogP contribution < -0.4 is 0 Å². The third-order valence-corrected chi connectivity index (χ3v) is 8.03. The van der Waals surface area contributed by atoms with E-state index in [9.17, 15) is 18.0 Å². The van der Waals surface area contributed by atoms with Crippen molar-refractivity contribution >= 4 is 21.7 Å². The lowest BCUT2D eigenvalue weighted by molar-refractivity contribution is -0.138. The fraction of sp³-hybridized carbons (Fsp3) is 0.346. The first-order valence-electron chi connectivity index (χ1n) is 11.7. The summed E-state index contributed by atoms with van der Waals surface area (Å²) >= 11 is 0. The van der Waals surface area contributed by atoms with Crippen LogP contribution in [0.2, 0.25) is 0 Å². The van der Waals surface area contributed by atoms with Gasteiger partial charge in [-0.3, -0.25) is 4.79 Å². The molecule has 9 heteroatoms. The summed E-state index contributed by atoms with van der Waals surface area (Å²) in [6.07, 6.45) is 2.66. The van der Waals surface area contributed by atoms with Gasteiger partial charge in [0.1, 0.15) is 11.3 Å². The molecule has 0 N–H and O–H groups in total. The van der Waals surface area contributed by atoms with Gasteiger partial charge >= 0.3 is 5.97 Å². The molecule has 3 aromatic rings. The zero-order valence-corrected chi connectivity index (χ0v) is 20.6. The Kier molecular flexibility index (Phi) is 7.35. The van der Waals surface area contributed by atoms with E-state index in [0.29, 0.717) is 18.5 Å². The molecule has 2 aromatic carbocycles. The van der Waals surface area contributed by atoms with Gasteiger partial charge in [-0.2, -0.15) is 5.10 Å². The van der Waals surface area contributed by atoms with Crippen molar-refractivity contribution in [3.63, 3.8) is 0 Å². The number of nitrogens with zero attached hydrogens (tertiary/aromatic N) is 3. The van der Waals surface area contributed by atoms with Crippen molar-refractivity contribution in [2.45, 2.75) is 38.8 Å². The highest BCUT2D eigenvalue weighted by Crippen LogP contribution is 2.25. The van der Waals surface area contributed by atoms with Crippen molar-refractivity contribution in [2.24, 2.45) is 0 Å². The third kappa shape index (κ3) is 5.62. The fourth-order valence-electron chi connectivity index (χ4n) is 4.33. The standard InChI is InChI=1S/C26H29N3O5S/c1-3-19(2)29(22-14-15-35(32,33)18-22)24(30)17-34-26(31)23-16-28(21-12-8-5-9-13-21)27-25(23)20-10-6-4-7-11-20/h4-13,16,19,22H,3,14-15,17-18H2,1-2H3. The lowest BCUT2D eigenvalue weighted by Gasteiger charge is -2.33. The molecule has 0 bridgehead atoms. The van der Waals surface area contributed by atoms with E-state index in [4.69, 9.17) is 4.74 Å². The first kappa shape index (κ1) is 24.7. The number of aromatic nitrogens is 2. The molecule has 1 saturated heterocycles. The van der Waals surface area contributed by atoms with Crippen LogP contribution in [0.5, 0.6) is 0 Å². The molecule has 1 amide bonds. The Bertz CT molecular complexity index is 1290. The van der Waals surface area contributed by atoms with Gasteiger partial charge in [-0.1, -0.05) is 55.5 Å². The van der Waals surface area contributed by atoms with Gasteiger partial charge in [0.25, 0.3) is 5.91 Å². The summed E-state index contributed by atoms with van der Waals surface area (Å²) < 4.78 is 31.0. The molecule has 1 aromatic heterocycles. The quantitative estimate of drug-likeness (QED) is 0.444. The molecule has 0 aliphatic carbocycles. The minimum atomic E-state index is -3.16. The predicted molar refractivity (Wildman–Crippen MR) is 133 cm³/mol. The number of sulfone groups is 1. The molecule has 8 nitrogen and oxygen atoms in total. The Balaban J connectivity index is 1.56. The molecule has 4 rings (SSSR count). The monoisotopic (exact) mass is 495 g/mol. The number of ether oxygens (including phenoxy) is 1. The molecule has 1 aliphatic rings. The van der Waals surface area contributed by atoms with E-state index in [1.807, 2.05) is 74.5 Å². The van der Waals surface area contributed by atoms with Gasteiger partial charge in [0.15, 0.2) is 16.4 Å². The van der Waals surface area contributed by atoms with Crippen molar-refractivity contribution in [2.75, 3.05) is 18.1 Å². The van der Waals surface area contributed by atoms with Gasteiger partial charge < -0.3 is 9.64 Å². The van der Waals surface area contributed by atoms with Crippen LogP contribution in [-0.4, -0.2) is 65.2 Å². The minimum Gasteiger partial charge on any atom is -0.452 e. The molecular weight excluding hydrogens is 466 g/mol. The van der Waals surface area contributed by atoms with E-state index < -0.39 is 34.4 Å². The first-order valence-corrected chi connectivity index (χ1v) is 13.5. The zero-order chi connectivity index (χ0) is 25.0. The maximum Gasteiger partial charge on any atom is 0.342 e. The Hall–Kier alpha value is -3.46. The molecule has 2 unspecified atom stereocenters. The van der Waals surface area contributed by atoms with E-state index >= 15 is 0 Å². The summed E-state index contributed by atoms with van der Waals surface area (Å²) in [6, 6.07) is 18.1. The number of para-hydroxylation sites is 1. The Labute approximate surface area is 205 Å². The first-order chi connectivity index (χ1) is 16.8. The number of rotatable bonds is 8. The van der Waals surface area contributed by atoms with Gasteiger partial charge in [-0.25, -0.2) is 17.9 Å². The summed E-state index contributed by atoms with van der Waals surface area (Å²) in [6.45, 7) is 3.34. The summed E-state index contributed by atoms with van der Waals surface area (Å²) in [4.78, 5) is 27.8. The molecule has 2 atom stereocenters. The van der Waals surface area contributed by atoms with Crippen molar-refractivity contribution in [3.8, 4) is 16.9 Å². The second-order valence-electron chi connectivity index (χ2n) is 8.73. The summed E-state index contributed by atoms with van der Waals surface area (Å²) in [5, 5.41) is 4.61. The smallest absolute Gasteiger partial charge is 0.342 e. The number of carbonyl (C=O) groups excluding carboxylic acids is 2. The van der Waals surface area contributed by atoms with Crippen LogP contribution in [0.15, 0.2) is 66.9 Å². The lowest BCUT2D eigenvalue weighted by atomic mass is 10.1. The van der Waals surface area contributed by atoms with Crippen LogP contribution in [-0.2, 0) is 19.4 Å². The molecule has 2 heterocycles. The predicted octanol–water partition coefficient (Wildman–Crippen LogP) is 3.51. The highest BCUT2D eigenvalue weighted by molar-refractivity contribution is 7.91. The molecular formula is C26H29N3O5S. The fourth-order valence-corrected chi connectivity index (χ4v) is 6.04. The molecule has 184 valence electrons. The van der Waals surface area contributed by atoms with Gasteiger partial charge in [0.05, 0.1) is 17.2 Å². The van der Waals surface area contributed by atoms with E-state index in [0.717, 1.165) is 11.3 Å². The number of hydrogen-bond acceptors (Lipinski definition) is 6. The topological polar surface area (TPSA) is 98.6 Å². The number of hydrogen-bond donors (Lipinski definition) is 0. The maximum atomic E-state index is 13.1. The Morgan fingerprint density at radius 3 is 2.37 bits per heavy atom. The van der Waals surface area contributed by atoms with Crippen molar-refractivity contribution in [3.05, 3.63) is 72.4 Å². The van der Waals surface area contributed by atoms with Gasteiger partial charge in [-0.15, -0.1) is 0 Å². The third-order valence-electron chi connectivity index (χ3n) is 6.28. The number of benzene rings is 2. The van der Waals surface area contributed by atoms with E-state index in [2.05, 4.69) is 5.10 Å². The minimum absolute atomic E-state index is 0.0565. The zero-order valence-electron chi connectivity index (χ0n) is 19.8. The van der Waals surface area contributed by atoms with Crippen LogP contribution in [0.25, 0.3) is 16.9 Å². The van der Waals surface area contributed by atoms with Gasteiger partial charge in [-0.05, 0) is 31.9 Å². The summed E-state index contributed by atoms with van der Waals surface area (Å²) in [5.74, 6) is -1.05. The van der Waals surface area contributed by atoms with Gasteiger partial charge in [0, 0.05) is 23.8 Å². The average Bonchev–Trinajstić information content (AvgIpc) is 3.47.